The fraction of sp³-hybridized carbons (Fsp3) is 0.222. The number of fused-ring (bicyclic) bond motifs is 1. The van der Waals surface area contributed by atoms with E-state index in [0.717, 1.165) is 40.3 Å². The number of methoxy groups -OCH3 is 1. The summed E-state index contributed by atoms with van der Waals surface area (Å²) >= 11 is 0. The van der Waals surface area contributed by atoms with Crippen molar-refractivity contribution >= 4 is 16.6 Å². The number of rotatable bonds is 5. The molecule has 0 saturated carbocycles. The molecule has 114 valence electrons. The molecule has 1 aromatic heterocycles. The van der Waals surface area contributed by atoms with Crippen molar-refractivity contribution in [3.63, 3.8) is 0 Å². The van der Waals surface area contributed by atoms with E-state index in [0.29, 0.717) is 6.61 Å². The molecule has 0 spiro atoms. The summed E-state index contributed by atoms with van der Waals surface area (Å²) < 4.78 is 13.5. The van der Waals surface area contributed by atoms with Crippen molar-refractivity contribution in [2.45, 2.75) is 20.1 Å². The van der Waals surface area contributed by atoms with Crippen molar-refractivity contribution in [3.8, 4) is 11.5 Å². The van der Waals surface area contributed by atoms with Gasteiger partial charge in [-0.2, -0.15) is 0 Å². The molecule has 3 aromatic rings. The highest BCUT2D eigenvalue weighted by atomic mass is 16.5. The number of nitrogen functional groups attached to an aromatic ring is 1. The van der Waals surface area contributed by atoms with Crippen molar-refractivity contribution in [1.29, 1.82) is 0 Å². The molecule has 4 heteroatoms. The Hall–Kier alpha value is -2.62. The van der Waals surface area contributed by atoms with Crippen LogP contribution < -0.4 is 15.2 Å². The molecule has 1 heterocycles. The van der Waals surface area contributed by atoms with Crippen molar-refractivity contribution in [2.75, 3.05) is 12.8 Å². The predicted molar refractivity (Wildman–Crippen MR) is 89.4 cm³/mol. The highest BCUT2D eigenvalue weighted by Crippen LogP contribution is 2.29. The number of aryl methyl sites for hydroxylation is 1. The largest absolute Gasteiger partial charge is 0.493 e. The predicted octanol–water partition coefficient (Wildman–Crippen LogP) is 3.83. The first-order valence-electron chi connectivity index (χ1n) is 7.37. The monoisotopic (exact) mass is 296 g/mol. The molecule has 0 aliphatic rings. The van der Waals surface area contributed by atoms with Crippen LogP contribution in [0.25, 0.3) is 10.9 Å². The summed E-state index contributed by atoms with van der Waals surface area (Å²) in [5, 5.41) is 1.14. The second kappa shape index (κ2) is 6.02. The summed E-state index contributed by atoms with van der Waals surface area (Å²) in [7, 11) is 1.64. The molecule has 0 radical (unpaired) electrons. The summed E-state index contributed by atoms with van der Waals surface area (Å²) in [5.74, 6) is 1.48. The lowest BCUT2D eigenvalue weighted by Crippen LogP contribution is -2.06. The van der Waals surface area contributed by atoms with Crippen LogP contribution in [0.2, 0.25) is 0 Å². The highest BCUT2D eigenvalue weighted by Gasteiger charge is 2.11. The lowest BCUT2D eigenvalue weighted by Gasteiger charge is -2.12. The van der Waals surface area contributed by atoms with Gasteiger partial charge < -0.3 is 19.8 Å². The molecule has 4 nitrogen and oxygen atoms in total. The Labute approximate surface area is 130 Å². The van der Waals surface area contributed by atoms with E-state index in [9.17, 15) is 0 Å². The van der Waals surface area contributed by atoms with E-state index in [1.165, 1.54) is 0 Å². The average molecular weight is 296 g/mol. The fourth-order valence-electron chi connectivity index (χ4n) is 2.78. The summed E-state index contributed by atoms with van der Waals surface area (Å²) in [6.07, 6.45) is 0. The van der Waals surface area contributed by atoms with E-state index in [1.807, 2.05) is 36.4 Å². The van der Waals surface area contributed by atoms with E-state index in [1.54, 1.807) is 7.11 Å². The van der Waals surface area contributed by atoms with Crippen LogP contribution in [0.1, 0.15) is 12.6 Å². The zero-order chi connectivity index (χ0) is 15.5. The van der Waals surface area contributed by atoms with E-state index in [-0.39, 0.29) is 0 Å². The molecular weight excluding hydrogens is 276 g/mol. The van der Waals surface area contributed by atoms with Crippen LogP contribution in [0.3, 0.4) is 0 Å². The molecule has 0 aliphatic heterocycles. The molecule has 0 saturated heterocycles. The molecule has 22 heavy (non-hydrogen) atoms. The second-order valence-corrected chi connectivity index (χ2v) is 5.10. The van der Waals surface area contributed by atoms with E-state index >= 15 is 0 Å². The van der Waals surface area contributed by atoms with Gasteiger partial charge in [0.25, 0.3) is 0 Å². The number of nitrogens with two attached hydrogens (primary N) is 1. The Bertz CT molecular complexity index is 793. The normalized spacial score (nSPS) is 10.8. The summed E-state index contributed by atoms with van der Waals surface area (Å²) in [5.41, 5.74) is 9.08. The van der Waals surface area contributed by atoms with Crippen LogP contribution in [-0.4, -0.2) is 11.7 Å². The van der Waals surface area contributed by atoms with Crippen LogP contribution in [0.4, 0.5) is 5.69 Å². The molecule has 0 aliphatic carbocycles. The highest BCUT2D eigenvalue weighted by molar-refractivity contribution is 5.91. The molecule has 0 unspecified atom stereocenters. The molecule has 2 N–H and O–H groups in total. The average Bonchev–Trinajstić information content (AvgIpc) is 2.92. The van der Waals surface area contributed by atoms with Crippen molar-refractivity contribution in [3.05, 3.63) is 54.2 Å². The van der Waals surface area contributed by atoms with Crippen LogP contribution in [0, 0.1) is 0 Å². The maximum Gasteiger partial charge on any atom is 0.161 e. The van der Waals surface area contributed by atoms with Crippen LogP contribution in [-0.2, 0) is 13.2 Å². The third-order valence-electron chi connectivity index (χ3n) is 3.80. The fourth-order valence-corrected chi connectivity index (χ4v) is 2.78. The zero-order valence-electron chi connectivity index (χ0n) is 12.9. The minimum absolute atomic E-state index is 0.475. The van der Waals surface area contributed by atoms with Gasteiger partial charge in [0.2, 0.25) is 0 Å². The topological polar surface area (TPSA) is 49.4 Å². The Balaban J connectivity index is 1.92. The van der Waals surface area contributed by atoms with Gasteiger partial charge in [0.1, 0.15) is 6.61 Å². The van der Waals surface area contributed by atoms with Gasteiger partial charge in [-0.15, -0.1) is 0 Å². The number of benzene rings is 2. The summed E-state index contributed by atoms with van der Waals surface area (Å²) in [4.78, 5) is 0. The third kappa shape index (κ3) is 2.48. The van der Waals surface area contributed by atoms with Crippen LogP contribution >= 0.6 is 0 Å². The van der Waals surface area contributed by atoms with Crippen LogP contribution in [0.15, 0.2) is 48.5 Å². The number of hydrogen-bond donors (Lipinski definition) is 1. The zero-order valence-corrected chi connectivity index (χ0v) is 12.9. The Morgan fingerprint density at radius 3 is 2.55 bits per heavy atom. The smallest absolute Gasteiger partial charge is 0.161 e. The standard InChI is InChI=1S/C18H20N2O2/c1-3-20-14(11-13-7-6-8-15(19)18(13)20)12-22-17-10-5-4-9-16(17)21-2/h4-11H,3,12,19H2,1-2H3. The SMILES string of the molecule is CCn1c(COc2ccccc2OC)cc2cccc(N)c21. The van der Waals surface area contributed by atoms with E-state index in [2.05, 4.69) is 23.6 Å². The summed E-state index contributed by atoms with van der Waals surface area (Å²) in [6.45, 7) is 3.43. The molecule has 3 rings (SSSR count). The number of para-hydroxylation sites is 3. The van der Waals surface area contributed by atoms with Gasteiger partial charge in [0.05, 0.1) is 24.0 Å². The van der Waals surface area contributed by atoms with E-state index in [4.69, 9.17) is 15.2 Å². The number of hydrogen-bond acceptors (Lipinski definition) is 3. The minimum Gasteiger partial charge on any atom is -0.493 e. The lowest BCUT2D eigenvalue weighted by molar-refractivity contribution is 0.277. The third-order valence-corrected chi connectivity index (χ3v) is 3.80. The van der Waals surface area contributed by atoms with Crippen LogP contribution in [0.5, 0.6) is 11.5 Å². The van der Waals surface area contributed by atoms with Gasteiger partial charge in [-0.25, -0.2) is 0 Å². The maximum absolute atomic E-state index is 6.12. The van der Waals surface area contributed by atoms with E-state index < -0.39 is 0 Å². The van der Waals surface area contributed by atoms with Gasteiger partial charge >= 0.3 is 0 Å². The van der Waals surface area contributed by atoms with Gasteiger partial charge in [-0.1, -0.05) is 24.3 Å². The van der Waals surface area contributed by atoms with Crippen molar-refractivity contribution in [1.82, 2.24) is 4.57 Å². The molecule has 2 aromatic carbocycles. The number of nitrogens with zero attached hydrogens (tertiary/aromatic N) is 1. The lowest BCUT2D eigenvalue weighted by atomic mass is 10.2. The van der Waals surface area contributed by atoms with Gasteiger partial charge in [0, 0.05) is 11.9 Å². The Morgan fingerprint density at radius 1 is 1.05 bits per heavy atom. The Kier molecular flexibility index (Phi) is 3.92. The molecule has 0 atom stereocenters. The minimum atomic E-state index is 0.475. The molecule has 0 amide bonds. The number of ether oxygens (including phenoxy) is 2. The molecule has 0 bridgehead atoms. The maximum atomic E-state index is 6.12. The van der Waals surface area contributed by atoms with Crippen molar-refractivity contribution < 1.29 is 9.47 Å². The number of aromatic nitrogens is 1. The summed E-state index contributed by atoms with van der Waals surface area (Å²) in [6, 6.07) is 15.8. The second-order valence-electron chi connectivity index (χ2n) is 5.10. The first kappa shape index (κ1) is 14.3. The van der Waals surface area contributed by atoms with Gasteiger partial charge in [0.15, 0.2) is 11.5 Å². The first-order chi connectivity index (χ1) is 10.7. The number of anilines is 1. The van der Waals surface area contributed by atoms with Gasteiger partial charge in [-0.3, -0.25) is 0 Å². The molecular formula is C18H20N2O2. The quantitative estimate of drug-likeness (QED) is 0.728. The Morgan fingerprint density at radius 2 is 1.82 bits per heavy atom. The van der Waals surface area contributed by atoms with Gasteiger partial charge in [-0.05, 0) is 31.2 Å². The van der Waals surface area contributed by atoms with Crippen molar-refractivity contribution in [2.24, 2.45) is 0 Å². The first-order valence-corrected chi connectivity index (χ1v) is 7.37. The molecule has 0 fully saturated rings.